The summed E-state index contributed by atoms with van der Waals surface area (Å²) in [6, 6.07) is 16.9. The third-order valence-electron chi connectivity index (χ3n) is 5.02. The summed E-state index contributed by atoms with van der Waals surface area (Å²) < 4.78 is 11.4. The number of halogens is 3. The smallest absolute Gasteiger partial charge is 0.163 e. The molecule has 32 heavy (non-hydrogen) atoms. The fraction of sp³-hybridized carbons (Fsp3) is 0.208. The molecule has 0 amide bonds. The first-order valence-electron chi connectivity index (χ1n) is 10.1. The SMILES string of the molecule is COc1cc(CNCCc2nc3ccccc3[nH]2)c(Cl)cc1OCc1ccc(Cl)cc1Cl. The number of imidazole rings is 1. The molecule has 0 fully saturated rings. The summed E-state index contributed by atoms with van der Waals surface area (Å²) in [5.41, 5.74) is 3.77. The van der Waals surface area contributed by atoms with Gasteiger partial charge in [0, 0.05) is 46.2 Å². The molecule has 3 aromatic carbocycles. The molecule has 0 spiro atoms. The van der Waals surface area contributed by atoms with E-state index in [1.54, 1.807) is 25.3 Å². The van der Waals surface area contributed by atoms with Crippen LogP contribution in [0.25, 0.3) is 11.0 Å². The van der Waals surface area contributed by atoms with E-state index >= 15 is 0 Å². The lowest BCUT2D eigenvalue weighted by Crippen LogP contribution is -2.17. The highest BCUT2D eigenvalue weighted by molar-refractivity contribution is 6.35. The van der Waals surface area contributed by atoms with Crippen LogP contribution in [0.15, 0.2) is 54.6 Å². The molecule has 4 rings (SSSR count). The third-order valence-corrected chi connectivity index (χ3v) is 5.96. The first-order chi connectivity index (χ1) is 15.5. The van der Waals surface area contributed by atoms with E-state index in [0.717, 1.165) is 41.0 Å². The number of rotatable bonds is 9. The maximum absolute atomic E-state index is 6.50. The summed E-state index contributed by atoms with van der Waals surface area (Å²) in [5, 5.41) is 5.13. The van der Waals surface area contributed by atoms with Gasteiger partial charge in [0.2, 0.25) is 0 Å². The van der Waals surface area contributed by atoms with Crippen LogP contribution in [0, 0.1) is 0 Å². The van der Waals surface area contributed by atoms with Crippen LogP contribution in [0.2, 0.25) is 15.1 Å². The number of nitrogens with one attached hydrogen (secondary N) is 2. The van der Waals surface area contributed by atoms with E-state index < -0.39 is 0 Å². The topological polar surface area (TPSA) is 59.2 Å². The van der Waals surface area contributed by atoms with Gasteiger partial charge in [-0.25, -0.2) is 4.98 Å². The molecular formula is C24H22Cl3N3O2. The number of benzene rings is 3. The second kappa shape index (κ2) is 10.5. The number of nitrogens with zero attached hydrogens (tertiary/aromatic N) is 1. The van der Waals surface area contributed by atoms with Crippen molar-refractivity contribution in [2.45, 2.75) is 19.6 Å². The van der Waals surface area contributed by atoms with Gasteiger partial charge in [0.25, 0.3) is 0 Å². The van der Waals surface area contributed by atoms with Crippen LogP contribution in [0.4, 0.5) is 0 Å². The zero-order valence-electron chi connectivity index (χ0n) is 17.4. The lowest BCUT2D eigenvalue weighted by Gasteiger charge is -2.15. The molecule has 2 N–H and O–H groups in total. The summed E-state index contributed by atoms with van der Waals surface area (Å²) in [5.74, 6) is 2.11. The molecule has 1 heterocycles. The van der Waals surface area contributed by atoms with Crippen LogP contribution < -0.4 is 14.8 Å². The van der Waals surface area contributed by atoms with E-state index in [4.69, 9.17) is 44.3 Å². The highest BCUT2D eigenvalue weighted by Gasteiger charge is 2.12. The molecule has 0 atom stereocenters. The predicted octanol–water partition coefficient (Wildman–Crippen LogP) is 6.44. The normalized spacial score (nSPS) is 11.1. The molecule has 0 aliphatic carbocycles. The maximum Gasteiger partial charge on any atom is 0.163 e. The predicted molar refractivity (Wildman–Crippen MR) is 130 cm³/mol. The number of aromatic amines is 1. The van der Waals surface area contributed by atoms with E-state index in [2.05, 4.69) is 15.3 Å². The van der Waals surface area contributed by atoms with Crippen LogP contribution in [0.1, 0.15) is 17.0 Å². The Morgan fingerprint density at radius 2 is 1.75 bits per heavy atom. The largest absolute Gasteiger partial charge is 0.493 e. The molecular weight excluding hydrogens is 469 g/mol. The number of para-hydroxylation sites is 2. The minimum atomic E-state index is 0.276. The van der Waals surface area contributed by atoms with Gasteiger partial charge in [-0.15, -0.1) is 0 Å². The second-order valence-electron chi connectivity index (χ2n) is 7.25. The minimum absolute atomic E-state index is 0.276. The Morgan fingerprint density at radius 1 is 0.938 bits per heavy atom. The molecule has 5 nitrogen and oxygen atoms in total. The Morgan fingerprint density at radius 3 is 2.53 bits per heavy atom. The molecule has 0 saturated heterocycles. The average molecular weight is 491 g/mol. The first-order valence-corrected chi connectivity index (χ1v) is 11.2. The van der Waals surface area contributed by atoms with Crippen molar-refractivity contribution in [2.24, 2.45) is 0 Å². The van der Waals surface area contributed by atoms with Gasteiger partial charge in [-0.3, -0.25) is 0 Å². The lowest BCUT2D eigenvalue weighted by molar-refractivity contribution is 0.284. The first kappa shape index (κ1) is 22.7. The van der Waals surface area contributed by atoms with Crippen molar-refractivity contribution < 1.29 is 9.47 Å². The fourth-order valence-corrected chi connectivity index (χ4v) is 4.02. The maximum atomic E-state index is 6.50. The van der Waals surface area contributed by atoms with E-state index in [1.807, 2.05) is 36.4 Å². The van der Waals surface area contributed by atoms with Gasteiger partial charge in [-0.1, -0.05) is 53.0 Å². The van der Waals surface area contributed by atoms with E-state index in [0.29, 0.717) is 33.1 Å². The number of aromatic nitrogens is 2. The lowest BCUT2D eigenvalue weighted by atomic mass is 10.2. The van der Waals surface area contributed by atoms with Crippen molar-refractivity contribution in [3.63, 3.8) is 0 Å². The summed E-state index contributed by atoms with van der Waals surface area (Å²) in [4.78, 5) is 7.93. The molecule has 0 unspecified atom stereocenters. The summed E-state index contributed by atoms with van der Waals surface area (Å²) in [6.45, 7) is 1.63. The number of fused-ring (bicyclic) bond motifs is 1. The van der Waals surface area contributed by atoms with Gasteiger partial charge in [0.05, 0.1) is 18.1 Å². The van der Waals surface area contributed by atoms with Crippen molar-refractivity contribution in [1.82, 2.24) is 15.3 Å². The quantitative estimate of drug-likeness (QED) is 0.265. The zero-order valence-corrected chi connectivity index (χ0v) is 19.7. The molecule has 0 saturated carbocycles. The molecule has 0 aliphatic rings. The number of H-pyrrole nitrogens is 1. The highest BCUT2D eigenvalue weighted by atomic mass is 35.5. The van der Waals surface area contributed by atoms with Gasteiger partial charge in [-0.05, 0) is 35.9 Å². The average Bonchev–Trinajstić information content (AvgIpc) is 3.20. The van der Waals surface area contributed by atoms with Crippen molar-refractivity contribution in [2.75, 3.05) is 13.7 Å². The van der Waals surface area contributed by atoms with Crippen molar-refractivity contribution in [3.05, 3.63) is 86.6 Å². The minimum Gasteiger partial charge on any atom is -0.493 e. The van der Waals surface area contributed by atoms with Crippen LogP contribution in [-0.4, -0.2) is 23.6 Å². The van der Waals surface area contributed by atoms with E-state index in [-0.39, 0.29) is 6.61 Å². The summed E-state index contributed by atoms with van der Waals surface area (Å²) in [6.07, 6.45) is 0.784. The van der Waals surface area contributed by atoms with Crippen LogP contribution in [-0.2, 0) is 19.6 Å². The van der Waals surface area contributed by atoms with Crippen LogP contribution in [0.5, 0.6) is 11.5 Å². The molecule has 0 radical (unpaired) electrons. The third kappa shape index (κ3) is 5.48. The number of hydrogen-bond acceptors (Lipinski definition) is 4. The molecule has 4 aromatic rings. The Balaban J connectivity index is 1.35. The zero-order chi connectivity index (χ0) is 22.5. The van der Waals surface area contributed by atoms with Crippen LogP contribution in [0.3, 0.4) is 0 Å². The number of hydrogen-bond donors (Lipinski definition) is 2. The molecule has 0 aliphatic heterocycles. The molecule has 8 heteroatoms. The van der Waals surface area contributed by atoms with Gasteiger partial charge in [0.1, 0.15) is 12.4 Å². The Labute approximate surface area is 201 Å². The van der Waals surface area contributed by atoms with Crippen molar-refractivity contribution in [3.8, 4) is 11.5 Å². The van der Waals surface area contributed by atoms with E-state index in [1.165, 1.54) is 0 Å². The summed E-state index contributed by atoms with van der Waals surface area (Å²) in [7, 11) is 1.60. The van der Waals surface area contributed by atoms with E-state index in [9.17, 15) is 0 Å². The Kier molecular flexibility index (Phi) is 7.43. The van der Waals surface area contributed by atoms with Gasteiger partial charge < -0.3 is 19.8 Å². The van der Waals surface area contributed by atoms with Gasteiger partial charge >= 0.3 is 0 Å². The number of ether oxygens (including phenoxy) is 2. The Bertz CT molecular complexity index is 1190. The highest BCUT2D eigenvalue weighted by Crippen LogP contribution is 2.34. The van der Waals surface area contributed by atoms with Gasteiger partial charge in [0.15, 0.2) is 11.5 Å². The van der Waals surface area contributed by atoms with Crippen molar-refractivity contribution >= 4 is 45.8 Å². The Hall–Kier alpha value is -2.44. The second-order valence-corrected chi connectivity index (χ2v) is 8.50. The van der Waals surface area contributed by atoms with Gasteiger partial charge in [-0.2, -0.15) is 0 Å². The van der Waals surface area contributed by atoms with Crippen LogP contribution >= 0.6 is 34.8 Å². The molecule has 0 bridgehead atoms. The standard InChI is InChI=1S/C24H22Cl3N3O2/c1-31-22-10-16(13-28-9-8-24-29-20-4-2-3-5-21(20)30-24)19(27)12-23(22)32-14-15-6-7-17(25)11-18(15)26/h2-7,10-12,28H,8-9,13-14H2,1H3,(H,29,30). The number of methoxy groups -OCH3 is 1. The molecule has 1 aromatic heterocycles. The summed E-state index contributed by atoms with van der Waals surface area (Å²) >= 11 is 18.7. The molecule has 166 valence electrons. The fourth-order valence-electron chi connectivity index (χ4n) is 3.33. The van der Waals surface area contributed by atoms with Crippen molar-refractivity contribution in [1.29, 1.82) is 0 Å². The monoisotopic (exact) mass is 489 g/mol.